The molecule has 0 heterocycles. The highest BCUT2D eigenvalue weighted by Gasteiger charge is 2.14. The fourth-order valence-electron chi connectivity index (χ4n) is 2.53. The Kier molecular flexibility index (Phi) is 11.0. The lowest BCUT2D eigenvalue weighted by Crippen LogP contribution is -2.34. The molecular weight excluding hydrogens is 350 g/mol. The van der Waals surface area contributed by atoms with Gasteiger partial charge in [0.1, 0.15) is 0 Å². The van der Waals surface area contributed by atoms with E-state index in [0.29, 0.717) is 17.2 Å². The maximum Gasteiger partial charge on any atom is 0.291 e. The molecule has 0 bridgehead atoms. The zero-order valence-electron chi connectivity index (χ0n) is 16.4. The first kappa shape index (κ1) is 22.5. The summed E-state index contributed by atoms with van der Waals surface area (Å²) in [6.45, 7) is 12.1. The molecule has 0 saturated heterocycles. The second-order valence-corrected chi connectivity index (χ2v) is 6.64. The largest absolute Gasteiger partial charge is 0.465 e. The SMILES string of the molecule is CCCOC(=N[C@H](C)CCCN(CC)CC)NC(=O)c1ccccc1Cl. The average Bonchev–Trinajstić information content (AvgIpc) is 2.63. The Hall–Kier alpha value is -1.59. The second-order valence-electron chi connectivity index (χ2n) is 6.23. The van der Waals surface area contributed by atoms with Crippen molar-refractivity contribution in [2.45, 2.75) is 53.0 Å². The van der Waals surface area contributed by atoms with Crippen molar-refractivity contribution in [3.63, 3.8) is 0 Å². The number of hydrogen-bond acceptors (Lipinski definition) is 4. The number of amidine groups is 1. The van der Waals surface area contributed by atoms with Crippen LogP contribution in [0.3, 0.4) is 0 Å². The van der Waals surface area contributed by atoms with Crippen LogP contribution in [0.4, 0.5) is 0 Å². The number of nitrogens with one attached hydrogen (secondary N) is 1. The lowest BCUT2D eigenvalue weighted by Gasteiger charge is -2.18. The number of hydrogen-bond donors (Lipinski definition) is 1. The van der Waals surface area contributed by atoms with Crippen LogP contribution in [0.25, 0.3) is 0 Å². The van der Waals surface area contributed by atoms with E-state index in [1.54, 1.807) is 24.3 Å². The summed E-state index contributed by atoms with van der Waals surface area (Å²) in [5.41, 5.74) is 0.413. The lowest BCUT2D eigenvalue weighted by molar-refractivity contribution is 0.0965. The third kappa shape index (κ3) is 8.19. The molecule has 0 spiro atoms. The first-order valence-electron chi connectivity index (χ1n) is 9.50. The van der Waals surface area contributed by atoms with Crippen LogP contribution < -0.4 is 5.32 Å². The smallest absolute Gasteiger partial charge is 0.291 e. The molecule has 1 amide bonds. The minimum Gasteiger partial charge on any atom is -0.465 e. The normalized spacial score (nSPS) is 12.9. The Bertz CT molecular complexity index is 574. The molecule has 1 atom stereocenters. The van der Waals surface area contributed by atoms with Gasteiger partial charge in [-0.25, -0.2) is 4.99 Å². The highest BCUT2D eigenvalue weighted by molar-refractivity contribution is 6.34. The molecule has 1 aromatic carbocycles. The number of aliphatic imine (C=N–C) groups is 1. The Balaban J connectivity index is 2.67. The number of carbonyl (C=O) groups excluding carboxylic acids is 1. The van der Waals surface area contributed by atoms with Gasteiger partial charge < -0.3 is 9.64 Å². The third-order valence-corrected chi connectivity index (χ3v) is 4.44. The molecule has 146 valence electrons. The van der Waals surface area contributed by atoms with Gasteiger partial charge in [-0.15, -0.1) is 0 Å². The molecule has 0 aromatic heterocycles. The summed E-state index contributed by atoms with van der Waals surface area (Å²) in [5, 5.41) is 3.16. The summed E-state index contributed by atoms with van der Waals surface area (Å²) in [6.07, 6.45) is 2.85. The molecule has 1 N–H and O–H groups in total. The zero-order chi connectivity index (χ0) is 19.4. The first-order valence-corrected chi connectivity index (χ1v) is 9.88. The van der Waals surface area contributed by atoms with Crippen LogP contribution in [0.15, 0.2) is 29.3 Å². The van der Waals surface area contributed by atoms with Gasteiger partial charge in [-0.1, -0.05) is 44.5 Å². The second kappa shape index (κ2) is 12.7. The molecule has 0 aliphatic carbocycles. The van der Waals surface area contributed by atoms with Gasteiger partial charge in [0, 0.05) is 0 Å². The summed E-state index contributed by atoms with van der Waals surface area (Å²) in [6, 6.07) is 7.29. The highest BCUT2D eigenvalue weighted by Crippen LogP contribution is 2.14. The molecule has 0 unspecified atom stereocenters. The van der Waals surface area contributed by atoms with Crippen LogP contribution in [0.1, 0.15) is 57.3 Å². The number of ether oxygens (including phenoxy) is 1. The van der Waals surface area contributed by atoms with Crippen LogP contribution in [0, 0.1) is 0 Å². The van der Waals surface area contributed by atoms with E-state index in [2.05, 4.69) is 29.1 Å². The molecule has 0 radical (unpaired) electrons. The van der Waals surface area contributed by atoms with Crippen LogP contribution in [0.2, 0.25) is 5.02 Å². The zero-order valence-corrected chi connectivity index (χ0v) is 17.2. The van der Waals surface area contributed by atoms with E-state index < -0.39 is 0 Å². The maximum absolute atomic E-state index is 12.4. The van der Waals surface area contributed by atoms with E-state index >= 15 is 0 Å². The molecule has 0 aliphatic rings. The summed E-state index contributed by atoms with van der Waals surface area (Å²) in [7, 11) is 0. The molecule has 0 saturated carbocycles. The van der Waals surface area contributed by atoms with Crippen molar-refractivity contribution in [3.05, 3.63) is 34.9 Å². The third-order valence-electron chi connectivity index (χ3n) is 4.11. The fourth-order valence-corrected chi connectivity index (χ4v) is 2.75. The van der Waals surface area contributed by atoms with Gasteiger partial charge in [-0.05, 0) is 58.0 Å². The molecule has 6 heteroatoms. The van der Waals surface area contributed by atoms with Gasteiger partial charge in [-0.3, -0.25) is 10.1 Å². The number of benzene rings is 1. The maximum atomic E-state index is 12.4. The summed E-state index contributed by atoms with van der Waals surface area (Å²) >= 11 is 6.09. The van der Waals surface area contributed by atoms with E-state index in [-0.39, 0.29) is 18.0 Å². The lowest BCUT2D eigenvalue weighted by atomic mass is 10.2. The van der Waals surface area contributed by atoms with Crippen molar-refractivity contribution >= 4 is 23.5 Å². The van der Waals surface area contributed by atoms with Gasteiger partial charge in [0.2, 0.25) is 0 Å². The van der Waals surface area contributed by atoms with Crippen LogP contribution >= 0.6 is 11.6 Å². The van der Waals surface area contributed by atoms with Crippen molar-refractivity contribution in [3.8, 4) is 0 Å². The van der Waals surface area contributed by atoms with E-state index in [9.17, 15) is 4.79 Å². The van der Waals surface area contributed by atoms with Crippen molar-refractivity contribution in [2.75, 3.05) is 26.2 Å². The van der Waals surface area contributed by atoms with Crippen molar-refractivity contribution in [2.24, 2.45) is 4.99 Å². The summed E-state index contributed by atoms with van der Waals surface area (Å²) in [4.78, 5) is 19.4. The summed E-state index contributed by atoms with van der Waals surface area (Å²) < 4.78 is 5.63. The van der Waals surface area contributed by atoms with Crippen LogP contribution in [0.5, 0.6) is 0 Å². The Labute approximate surface area is 162 Å². The number of nitrogens with zero attached hydrogens (tertiary/aromatic N) is 2. The van der Waals surface area contributed by atoms with E-state index in [1.807, 2.05) is 13.8 Å². The van der Waals surface area contributed by atoms with Gasteiger partial charge in [0.15, 0.2) is 0 Å². The molecule has 1 aromatic rings. The minimum atomic E-state index is -0.305. The van der Waals surface area contributed by atoms with E-state index in [0.717, 1.165) is 38.9 Å². The molecule has 0 aliphatic heterocycles. The van der Waals surface area contributed by atoms with Crippen LogP contribution in [-0.4, -0.2) is 49.1 Å². The minimum absolute atomic E-state index is 0.0731. The standard InChI is InChI=1S/C20H32ClN3O2/c1-5-15-26-20(22-16(4)11-10-14-24(6-2)7-3)23-19(25)17-12-8-9-13-18(17)21/h8-9,12-13,16H,5-7,10-11,14-15H2,1-4H3,(H,22,23,25)/t16-/m1/s1. The van der Waals surface area contributed by atoms with Gasteiger partial charge >= 0.3 is 0 Å². The van der Waals surface area contributed by atoms with Gasteiger partial charge in [-0.2, -0.15) is 0 Å². The van der Waals surface area contributed by atoms with Crippen molar-refractivity contribution in [1.29, 1.82) is 0 Å². The average molecular weight is 382 g/mol. The quantitative estimate of drug-likeness (QED) is 0.483. The first-order chi connectivity index (χ1) is 12.5. The van der Waals surface area contributed by atoms with E-state index in [4.69, 9.17) is 16.3 Å². The molecule has 1 rings (SSSR count). The Morgan fingerprint density at radius 1 is 1.27 bits per heavy atom. The Morgan fingerprint density at radius 2 is 1.96 bits per heavy atom. The van der Waals surface area contributed by atoms with Gasteiger partial charge in [0.25, 0.3) is 11.9 Å². The molecule has 0 fully saturated rings. The van der Waals surface area contributed by atoms with Crippen molar-refractivity contribution in [1.82, 2.24) is 10.2 Å². The predicted octanol–water partition coefficient (Wildman–Crippen LogP) is 4.36. The molecule has 5 nitrogen and oxygen atoms in total. The monoisotopic (exact) mass is 381 g/mol. The number of amides is 1. The predicted molar refractivity (Wildman–Crippen MR) is 109 cm³/mol. The number of carbonyl (C=O) groups is 1. The number of halogens is 1. The fraction of sp³-hybridized carbons (Fsp3) is 0.600. The molecule has 26 heavy (non-hydrogen) atoms. The van der Waals surface area contributed by atoms with Gasteiger partial charge in [0.05, 0.1) is 23.2 Å². The highest BCUT2D eigenvalue weighted by atomic mass is 35.5. The van der Waals surface area contributed by atoms with E-state index in [1.165, 1.54) is 0 Å². The number of rotatable bonds is 10. The topological polar surface area (TPSA) is 53.9 Å². The molecular formula is C20H32ClN3O2. The van der Waals surface area contributed by atoms with Crippen LogP contribution in [-0.2, 0) is 4.74 Å². The van der Waals surface area contributed by atoms with Crippen molar-refractivity contribution < 1.29 is 9.53 Å². The Morgan fingerprint density at radius 3 is 2.58 bits per heavy atom. The summed E-state index contributed by atoms with van der Waals surface area (Å²) in [5.74, 6) is -0.305.